The van der Waals surface area contributed by atoms with Crippen LogP contribution in [0.15, 0.2) is 42.6 Å². The lowest BCUT2D eigenvalue weighted by Gasteiger charge is -2.13. The molecule has 0 bridgehead atoms. The predicted octanol–water partition coefficient (Wildman–Crippen LogP) is 2.85. The summed E-state index contributed by atoms with van der Waals surface area (Å²) >= 11 is 0. The molecule has 98 valence electrons. The van der Waals surface area contributed by atoms with E-state index in [2.05, 4.69) is 10.3 Å². The van der Waals surface area contributed by atoms with Gasteiger partial charge in [-0.3, -0.25) is 9.78 Å². The lowest BCUT2D eigenvalue weighted by molar-refractivity contribution is 0.0934. The summed E-state index contributed by atoms with van der Waals surface area (Å²) in [7, 11) is 0. The van der Waals surface area contributed by atoms with Gasteiger partial charge in [0.25, 0.3) is 5.91 Å². The van der Waals surface area contributed by atoms with Crippen molar-refractivity contribution in [3.05, 3.63) is 65.5 Å². The molecule has 0 unspecified atom stereocenters. The Balaban J connectivity index is 2.15. The van der Waals surface area contributed by atoms with Crippen LogP contribution in [0.1, 0.15) is 29.0 Å². The number of amides is 1. The molecule has 1 aromatic heterocycles. The van der Waals surface area contributed by atoms with E-state index in [4.69, 9.17) is 0 Å². The summed E-state index contributed by atoms with van der Waals surface area (Å²) < 4.78 is 26.4. The van der Waals surface area contributed by atoms with E-state index in [0.29, 0.717) is 5.69 Å². The molecule has 2 aromatic rings. The zero-order valence-electron chi connectivity index (χ0n) is 10.2. The van der Waals surface area contributed by atoms with Crippen molar-refractivity contribution in [3.63, 3.8) is 0 Å². The molecule has 1 heterocycles. The Kier molecular flexibility index (Phi) is 3.85. The largest absolute Gasteiger partial charge is 0.344 e. The molecule has 1 atom stereocenters. The molecule has 0 aliphatic carbocycles. The molecule has 0 fully saturated rings. The van der Waals surface area contributed by atoms with Gasteiger partial charge in [0.05, 0.1) is 17.3 Å². The molecular formula is C14H12F2N2O. The molecule has 3 nitrogen and oxygen atoms in total. The molecule has 1 amide bonds. The molecule has 0 spiro atoms. The van der Waals surface area contributed by atoms with Crippen LogP contribution in [-0.2, 0) is 0 Å². The summed E-state index contributed by atoms with van der Waals surface area (Å²) in [5, 5.41) is 2.57. The van der Waals surface area contributed by atoms with Gasteiger partial charge in [-0.2, -0.15) is 0 Å². The molecule has 0 saturated carbocycles. The summed E-state index contributed by atoms with van der Waals surface area (Å²) in [6.45, 7) is 1.72. The molecule has 0 aliphatic heterocycles. The zero-order chi connectivity index (χ0) is 13.8. The first-order chi connectivity index (χ1) is 9.08. The summed E-state index contributed by atoms with van der Waals surface area (Å²) in [4.78, 5) is 15.9. The van der Waals surface area contributed by atoms with Crippen LogP contribution >= 0.6 is 0 Å². The van der Waals surface area contributed by atoms with E-state index < -0.39 is 23.6 Å². The molecule has 1 aromatic carbocycles. The first kappa shape index (κ1) is 13.1. The minimum atomic E-state index is -0.757. The molecule has 0 saturated heterocycles. The molecule has 5 heteroatoms. The van der Waals surface area contributed by atoms with E-state index in [9.17, 15) is 13.6 Å². The minimum Gasteiger partial charge on any atom is -0.344 e. The van der Waals surface area contributed by atoms with Gasteiger partial charge in [0.1, 0.15) is 11.6 Å². The molecular weight excluding hydrogens is 250 g/mol. The highest BCUT2D eigenvalue weighted by Crippen LogP contribution is 2.13. The van der Waals surface area contributed by atoms with Crippen molar-refractivity contribution in [2.24, 2.45) is 0 Å². The number of hydrogen-bond acceptors (Lipinski definition) is 2. The summed E-state index contributed by atoms with van der Waals surface area (Å²) in [5.74, 6) is -2.08. The van der Waals surface area contributed by atoms with E-state index in [1.807, 2.05) is 0 Å². The minimum absolute atomic E-state index is 0.317. The van der Waals surface area contributed by atoms with Gasteiger partial charge in [-0.15, -0.1) is 0 Å². The number of nitrogens with one attached hydrogen (secondary N) is 1. The zero-order valence-corrected chi connectivity index (χ0v) is 10.2. The van der Waals surface area contributed by atoms with Gasteiger partial charge >= 0.3 is 0 Å². The Morgan fingerprint density at radius 2 is 2.05 bits per heavy atom. The third kappa shape index (κ3) is 3.13. The second-order valence-electron chi connectivity index (χ2n) is 4.07. The lowest BCUT2D eigenvalue weighted by Crippen LogP contribution is -2.28. The van der Waals surface area contributed by atoms with E-state index in [0.717, 1.165) is 18.2 Å². The van der Waals surface area contributed by atoms with Gasteiger partial charge in [0.2, 0.25) is 0 Å². The summed E-state index contributed by atoms with van der Waals surface area (Å²) in [5.41, 5.74) is 0.329. The number of benzene rings is 1. The maximum Gasteiger partial charge on any atom is 0.254 e. The standard InChI is InChI=1S/C14H12F2N2O/c1-9(13-4-2-3-7-17-13)18-14(19)11-8-10(15)5-6-12(11)16/h2-9H,1H3,(H,18,19)/t9-/m1/s1. The number of nitrogens with zero attached hydrogens (tertiary/aromatic N) is 1. The second-order valence-corrected chi connectivity index (χ2v) is 4.07. The van der Waals surface area contributed by atoms with E-state index >= 15 is 0 Å². The van der Waals surface area contributed by atoms with E-state index in [1.54, 1.807) is 31.3 Å². The highest BCUT2D eigenvalue weighted by molar-refractivity contribution is 5.94. The first-order valence-electron chi connectivity index (χ1n) is 5.75. The van der Waals surface area contributed by atoms with Crippen LogP contribution in [0.2, 0.25) is 0 Å². The normalized spacial score (nSPS) is 11.9. The van der Waals surface area contributed by atoms with Gasteiger partial charge in [-0.25, -0.2) is 8.78 Å². The highest BCUT2D eigenvalue weighted by Gasteiger charge is 2.16. The van der Waals surface area contributed by atoms with Crippen LogP contribution in [-0.4, -0.2) is 10.9 Å². The first-order valence-corrected chi connectivity index (χ1v) is 5.75. The van der Waals surface area contributed by atoms with Crippen molar-refractivity contribution >= 4 is 5.91 Å². The Hall–Kier alpha value is -2.30. The Labute approximate surface area is 109 Å². The SMILES string of the molecule is C[C@@H](NC(=O)c1cc(F)ccc1F)c1ccccn1. The number of pyridine rings is 1. The quantitative estimate of drug-likeness (QED) is 0.924. The average molecular weight is 262 g/mol. The fraction of sp³-hybridized carbons (Fsp3) is 0.143. The monoisotopic (exact) mass is 262 g/mol. The van der Waals surface area contributed by atoms with Gasteiger partial charge in [0.15, 0.2) is 0 Å². The molecule has 0 aliphatic rings. The second kappa shape index (κ2) is 5.56. The van der Waals surface area contributed by atoms with Gasteiger partial charge in [-0.05, 0) is 37.3 Å². The van der Waals surface area contributed by atoms with E-state index in [-0.39, 0.29) is 5.56 Å². The van der Waals surface area contributed by atoms with Crippen LogP contribution in [0.5, 0.6) is 0 Å². The fourth-order valence-corrected chi connectivity index (χ4v) is 1.65. The number of rotatable bonds is 3. The van der Waals surface area contributed by atoms with Crippen molar-refractivity contribution in [2.75, 3.05) is 0 Å². The molecule has 1 N–H and O–H groups in total. The van der Waals surface area contributed by atoms with Crippen molar-refractivity contribution in [1.82, 2.24) is 10.3 Å². The van der Waals surface area contributed by atoms with Crippen LogP contribution in [0, 0.1) is 11.6 Å². The van der Waals surface area contributed by atoms with Crippen LogP contribution in [0.4, 0.5) is 8.78 Å². The number of aromatic nitrogens is 1. The Morgan fingerprint density at radius 3 is 2.74 bits per heavy atom. The van der Waals surface area contributed by atoms with Gasteiger partial charge < -0.3 is 5.32 Å². The van der Waals surface area contributed by atoms with Gasteiger partial charge in [-0.1, -0.05) is 6.07 Å². The number of carbonyl (C=O) groups excluding carboxylic acids is 1. The van der Waals surface area contributed by atoms with Crippen molar-refractivity contribution in [1.29, 1.82) is 0 Å². The maximum atomic E-state index is 13.4. The maximum absolute atomic E-state index is 13.4. The van der Waals surface area contributed by atoms with Gasteiger partial charge in [0, 0.05) is 6.20 Å². The van der Waals surface area contributed by atoms with Crippen molar-refractivity contribution < 1.29 is 13.6 Å². The van der Waals surface area contributed by atoms with Crippen LogP contribution < -0.4 is 5.32 Å². The highest BCUT2D eigenvalue weighted by atomic mass is 19.1. The number of hydrogen-bond donors (Lipinski definition) is 1. The molecule has 2 rings (SSSR count). The topological polar surface area (TPSA) is 42.0 Å². The summed E-state index contributed by atoms with van der Waals surface area (Å²) in [6.07, 6.45) is 1.60. The van der Waals surface area contributed by atoms with Crippen LogP contribution in [0.3, 0.4) is 0 Å². The number of halogens is 2. The third-order valence-electron chi connectivity index (χ3n) is 2.65. The summed E-state index contributed by atoms with van der Waals surface area (Å²) in [6, 6.07) is 7.65. The van der Waals surface area contributed by atoms with Crippen LogP contribution in [0.25, 0.3) is 0 Å². The smallest absolute Gasteiger partial charge is 0.254 e. The Bertz CT molecular complexity index is 587. The fourth-order valence-electron chi connectivity index (χ4n) is 1.65. The molecule has 0 radical (unpaired) electrons. The van der Waals surface area contributed by atoms with Crippen molar-refractivity contribution in [2.45, 2.75) is 13.0 Å². The van der Waals surface area contributed by atoms with Crippen molar-refractivity contribution in [3.8, 4) is 0 Å². The molecule has 19 heavy (non-hydrogen) atoms. The van der Waals surface area contributed by atoms with E-state index in [1.165, 1.54) is 0 Å². The third-order valence-corrected chi connectivity index (χ3v) is 2.65. The average Bonchev–Trinajstić information content (AvgIpc) is 2.42. The predicted molar refractivity (Wildman–Crippen MR) is 66.5 cm³/mol. The lowest BCUT2D eigenvalue weighted by atomic mass is 10.1. The Morgan fingerprint density at radius 1 is 1.26 bits per heavy atom. The number of carbonyl (C=O) groups is 1.